The number of benzene rings is 1. The van der Waals surface area contributed by atoms with E-state index in [0.717, 1.165) is 29.9 Å². The predicted molar refractivity (Wildman–Crippen MR) is 87.7 cm³/mol. The van der Waals surface area contributed by atoms with Crippen LogP contribution in [0.2, 0.25) is 0 Å². The van der Waals surface area contributed by atoms with E-state index in [0.29, 0.717) is 11.8 Å². The summed E-state index contributed by atoms with van der Waals surface area (Å²) in [5, 5.41) is 9.37. The number of carboxylic acids is 1. The molecule has 2 unspecified atom stereocenters. The molecule has 2 aliphatic carbocycles. The van der Waals surface area contributed by atoms with Crippen molar-refractivity contribution in [3.8, 4) is 5.75 Å². The molecular formula is C19H25NO3. The standard InChI is InChI=1S/C19H25NO3/c1-23-18-3-2-12(9-17(18)19(21)22)10-20-11-15-5-13-4-14(6-15)8-16(20)7-13/h2-3,9,13-16H,4-8,10-11H2,1H3,(H,21,22)/t13-,14+,15?,16?. The van der Waals surface area contributed by atoms with Gasteiger partial charge in [0.05, 0.1) is 7.11 Å². The molecule has 1 N–H and O–H groups in total. The molecular weight excluding hydrogens is 290 g/mol. The van der Waals surface area contributed by atoms with Crippen LogP contribution in [-0.2, 0) is 6.54 Å². The van der Waals surface area contributed by atoms with E-state index in [1.165, 1.54) is 45.8 Å². The van der Waals surface area contributed by atoms with Gasteiger partial charge in [-0.3, -0.25) is 4.90 Å². The second kappa shape index (κ2) is 5.82. The highest BCUT2D eigenvalue weighted by Gasteiger charge is 2.42. The Hall–Kier alpha value is -1.55. The fourth-order valence-electron chi connectivity index (χ4n) is 5.33. The summed E-state index contributed by atoms with van der Waals surface area (Å²) in [5.74, 6) is 2.25. The summed E-state index contributed by atoms with van der Waals surface area (Å²) >= 11 is 0. The Labute approximate surface area is 137 Å². The van der Waals surface area contributed by atoms with Crippen LogP contribution >= 0.6 is 0 Å². The lowest BCUT2D eigenvalue weighted by Gasteiger charge is -2.39. The number of carbonyl (C=O) groups is 1. The topological polar surface area (TPSA) is 49.8 Å². The lowest BCUT2D eigenvalue weighted by molar-refractivity contribution is 0.0693. The maximum atomic E-state index is 11.4. The third kappa shape index (κ3) is 2.85. The lowest BCUT2D eigenvalue weighted by Crippen LogP contribution is -2.37. The number of methoxy groups -OCH3 is 1. The average molecular weight is 315 g/mol. The van der Waals surface area contributed by atoms with Crippen LogP contribution in [0.1, 0.15) is 48.0 Å². The van der Waals surface area contributed by atoms with Crippen LogP contribution in [0.5, 0.6) is 5.75 Å². The Balaban J connectivity index is 1.56. The number of fused-ring (bicyclic) bond motifs is 1. The van der Waals surface area contributed by atoms with Gasteiger partial charge in [0.2, 0.25) is 0 Å². The molecule has 2 saturated heterocycles. The molecule has 23 heavy (non-hydrogen) atoms. The molecule has 0 amide bonds. The molecule has 124 valence electrons. The second-order valence-corrected chi connectivity index (χ2v) is 7.70. The van der Waals surface area contributed by atoms with Crippen LogP contribution in [0.15, 0.2) is 18.2 Å². The minimum atomic E-state index is -0.917. The molecule has 0 aromatic heterocycles. The highest BCUT2D eigenvalue weighted by Crippen LogP contribution is 2.47. The zero-order valence-electron chi connectivity index (χ0n) is 13.7. The van der Waals surface area contributed by atoms with Crippen LogP contribution in [0.4, 0.5) is 0 Å². The van der Waals surface area contributed by atoms with E-state index >= 15 is 0 Å². The van der Waals surface area contributed by atoms with Crippen LogP contribution in [0, 0.1) is 17.8 Å². The van der Waals surface area contributed by atoms with Gasteiger partial charge in [-0.2, -0.15) is 0 Å². The van der Waals surface area contributed by atoms with E-state index in [9.17, 15) is 9.90 Å². The van der Waals surface area contributed by atoms with Crippen molar-refractivity contribution in [1.82, 2.24) is 4.90 Å². The van der Waals surface area contributed by atoms with Gasteiger partial charge in [0.25, 0.3) is 0 Å². The molecule has 5 rings (SSSR count). The van der Waals surface area contributed by atoms with Crippen molar-refractivity contribution in [2.24, 2.45) is 17.8 Å². The molecule has 0 spiro atoms. The van der Waals surface area contributed by atoms with Gasteiger partial charge in [-0.15, -0.1) is 0 Å². The van der Waals surface area contributed by atoms with Gasteiger partial charge in [-0.05, 0) is 67.6 Å². The molecule has 2 saturated carbocycles. The summed E-state index contributed by atoms with van der Waals surface area (Å²) in [6.07, 6.45) is 6.95. The first-order valence-electron chi connectivity index (χ1n) is 8.76. The first kappa shape index (κ1) is 15.0. The smallest absolute Gasteiger partial charge is 0.339 e. The minimum absolute atomic E-state index is 0.269. The highest BCUT2D eigenvalue weighted by molar-refractivity contribution is 5.91. The number of hydrogen-bond donors (Lipinski definition) is 1. The fourth-order valence-corrected chi connectivity index (χ4v) is 5.33. The van der Waals surface area contributed by atoms with Crippen LogP contribution in [0.3, 0.4) is 0 Å². The van der Waals surface area contributed by atoms with Crippen molar-refractivity contribution in [3.63, 3.8) is 0 Å². The van der Waals surface area contributed by atoms with Crippen LogP contribution in [-0.4, -0.2) is 35.7 Å². The zero-order valence-corrected chi connectivity index (χ0v) is 13.7. The predicted octanol–water partition coefficient (Wildman–Crippen LogP) is 3.40. The van der Waals surface area contributed by atoms with E-state index in [1.807, 2.05) is 6.07 Å². The van der Waals surface area contributed by atoms with Gasteiger partial charge in [-0.25, -0.2) is 4.79 Å². The molecule has 4 atom stereocenters. The minimum Gasteiger partial charge on any atom is -0.496 e. The fraction of sp³-hybridized carbons (Fsp3) is 0.632. The molecule has 4 bridgehead atoms. The maximum absolute atomic E-state index is 11.4. The van der Waals surface area contributed by atoms with Crippen molar-refractivity contribution < 1.29 is 14.6 Å². The summed E-state index contributed by atoms with van der Waals surface area (Å²) in [4.78, 5) is 14.0. The SMILES string of the molecule is COc1ccc(CN2CC3C[C@@H]4CC2C[C@H](C3)C4)cc1C(=O)O. The Bertz CT molecular complexity index is 601. The van der Waals surface area contributed by atoms with Crippen molar-refractivity contribution in [3.05, 3.63) is 29.3 Å². The van der Waals surface area contributed by atoms with Gasteiger partial charge in [0, 0.05) is 19.1 Å². The molecule has 1 aromatic rings. The summed E-state index contributed by atoms with van der Waals surface area (Å²) < 4.78 is 5.17. The quantitative estimate of drug-likeness (QED) is 0.925. The highest BCUT2D eigenvalue weighted by atomic mass is 16.5. The molecule has 4 heteroatoms. The summed E-state index contributed by atoms with van der Waals surface area (Å²) in [6.45, 7) is 2.05. The lowest BCUT2D eigenvalue weighted by atomic mass is 9.68. The summed E-state index contributed by atoms with van der Waals surface area (Å²) in [5.41, 5.74) is 1.36. The van der Waals surface area contributed by atoms with Crippen LogP contribution < -0.4 is 4.74 Å². The normalized spacial score (nSPS) is 32.7. The Morgan fingerprint density at radius 1 is 1.17 bits per heavy atom. The van der Waals surface area contributed by atoms with Crippen molar-refractivity contribution >= 4 is 5.97 Å². The second-order valence-electron chi connectivity index (χ2n) is 7.70. The number of hydrogen-bond acceptors (Lipinski definition) is 3. The van der Waals surface area contributed by atoms with E-state index in [2.05, 4.69) is 4.90 Å². The van der Waals surface area contributed by atoms with Gasteiger partial charge in [0.15, 0.2) is 0 Å². The zero-order chi connectivity index (χ0) is 16.0. The number of nitrogens with zero attached hydrogens (tertiary/aromatic N) is 1. The van der Waals surface area contributed by atoms with E-state index in [1.54, 1.807) is 12.1 Å². The maximum Gasteiger partial charge on any atom is 0.339 e. The first-order chi connectivity index (χ1) is 11.1. The van der Waals surface area contributed by atoms with Gasteiger partial charge >= 0.3 is 5.97 Å². The Morgan fingerprint density at radius 3 is 2.52 bits per heavy atom. The number of carboxylic acid groups (broad SMARTS) is 1. The van der Waals surface area contributed by atoms with Gasteiger partial charge in [0.1, 0.15) is 11.3 Å². The van der Waals surface area contributed by atoms with E-state index in [-0.39, 0.29) is 5.56 Å². The molecule has 4 fully saturated rings. The third-order valence-corrected chi connectivity index (χ3v) is 6.10. The molecule has 4 aliphatic rings. The van der Waals surface area contributed by atoms with E-state index < -0.39 is 5.97 Å². The number of rotatable bonds is 4. The molecule has 0 radical (unpaired) electrons. The van der Waals surface area contributed by atoms with Crippen LogP contribution in [0.25, 0.3) is 0 Å². The van der Waals surface area contributed by atoms with Crippen molar-refractivity contribution in [2.75, 3.05) is 13.7 Å². The summed E-state index contributed by atoms with van der Waals surface area (Å²) in [6, 6.07) is 6.29. The number of ether oxygens (including phenoxy) is 1. The monoisotopic (exact) mass is 315 g/mol. The molecule has 4 nitrogen and oxygen atoms in total. The third-order valence-electron chi connectivity index (χ3n) is 6.10. The first-order valence-corrected chi connectivity index (χ1v) is 8.76. The molecule has 2 aliphatic heterocycles. The average Bonchev–Trinajstić information content (AvgIpc) is 2.71. The number of aromatic carboxylic acids is 1. The Kier molecular flexibility index (Phi) is 3.80. The van der Waals surface area contributed by atoms with E-state index in [4.69, 9.17) is 4.74 Å². The molecule has 2 heterocycles. The van der Waals surface area contributed by atoms with Gasteiger partial charge < -0.3 is 9.84 Å². The molecule has 1 aromatic carbocycles. The van der Waals surface area contributed by atoms with Crippen molar-refractivity contribution in [2.45, 2.75) is 44.7 Å². The summed E-state index contributed by atoms with van der Waals surface area (Å²) in [7, 11) is 1.52. The van der Waals surface area contributed by atoms with Gasteiger partial charge in [-0.1, -0.05) is 6.07 Å². The van der Waals surface area contributed by atoms with Crippen molar-refractivity contribution in [1.29, 1.82) is 0 Å². The Morgan fingerprint density at radius 2 is 1.87 bits per heavy atom. The largest absolute Gasteiger partial charge is 0.496 e.